The maximum Gasteiger partial charge on any atom is 0.220 e. The van der Waals surface area contributed by atoms with Crippen LogP contribution in [0.2, 0.25) is 0 Å². The Balaban J connectivity index is 4.61. The van der Waals surface area contributed by atoms with Gasteiger partial charge in [0.05, 0.1) is 6.42 Å². The Bertz CT molecular complexity index is 208. The molecule has 0 spiro atoms. The van der Waals surface area contributed by atoms with Crippen molar-refractivity contribution in [2.24, 2.45) is 0 Å². The van der Waals surface area contributed by atoms with Gasteiger partial charge in [-0.1, -0.05) is 0 Å². The molecule has 0 bridgehead atoms. The van der Waals surface area contributed by atoms with E-state index < -0.39 is 21.8 Å². The van der Waals surface area contributed by atoms with Crippen molar-refractivity contribution >= 4 is 5.78 Å². The maximum atomic E-state index is 10.9. The van der Waals surface area contributed by atoms with Crippen LogP contribution in [0.25, 0.3) is 0 Å². The van der Waals surface area contributed by atoms with E-state index in [9.17, 15) is 20.0 Å². The Morgan fingerprint density at radius 3 is 2.08 bits per heavy atom. The molecule has 0 saturated heterocycles. The lowest BCUT2D eigenvalue weighted by molar-refractivity contribution is -0.564. The van der Waals surface area contributed by atoms with Crippen molar-refractivity contribution in [1.82, 2.24) is 0 Å². The molecular formula is C8H15NO4. The first-order valence-electron chi connectivity index (χ1n) is 3.97. The summed E-state index contributed by atoms with van der Waals surface area (Å²) in [6.07, 6.45) is -0.178. The molecule has 5 nitrogen and oxygen atoms in total. The molecule has 1 N–H and O–H groups in total. The SMILES string of the molecule is CC(=O)C(C)(O)CC(C)(C)[N+](=O)[O-]. The van der Waals surface area contributed by atoms with Crippen molar-refractivity contribution in [1.29, 1.82) is 0 Å². The predicted octanol–water partition coefficient (Wildman–Crippen LogP) is 0.772. The molecule has 0 aromatic carbocycles. The first kappa shape index (κ1) is 12.0. The lowest BCUT2D eigenvalue weighted by Gasteiger charge is -2.25. The van der Waals surface area contributed by atoms with E-state index >= 15 is 0 Å². The number of hydrogen-bond acceptors (Lipinski definition) is 4. The molecule has 0 radical (unpaired) electrons. The van der Waals surface area contributed by atoms with Crippen LogP contribution in [0.5, 0.6) is 0 Å². The van der Waals surface area contributed by atoms with Gasteiger partial charge in [0.15, 0.2) is 5.78 Å². The molecule has 5 heteroatoms. The standard InChI is InChI=1S/C8H15NO4/c1-6(10)8(4,11)5-7(2,3)9(12)13/h11H,5H2,1-4H3. The minimum atomic E-state index is -1.61. The molecule has 0 saturated carbocycles. The smallest absolute Gasteiger partial charge is 0.220 e. The van der Waals surface area contributed by atoms with Crippen LogP contribution in [0.15, 0.2) is 0 Å². The third-order valence-corrected chi connectivity index (χ3v) is 2.03. The lowest BCUT2D eigenvalue weighted by atomic mass is 9.86. The highest BCUT2D eigenvalue weighted by Crippen LogP contribution is 2.23. The highest BCUT2D eigenvalue weighted by molar-refractivity contribution is 5.84. The van der Waals surface area contributed by atoms with Gasteiger partial charge in [-0.25, -0.2) is 0 Å². The van der Waals surface area contributed by atoms with Gasteiger partial charge in [0, 0.05) is 18.8 Å². The second kappa shape index (κ2) is 3.41. The molecule has 0 rings (SSSR count). The third kappa shape index (κ3) is 3.10. The molecule has 1 atom stereocenters. The van der Waals surface area contributed by atoms with Crippen LogP contribution >= 0.6 is 0 Å². The largest absolute Gasteiger partial charge is 0.382 e. The minimum absolute atomic E-state index is 0.178. The zero-order valence-electron chi connectivity index (χ0n) is 8.33. The van der Waals surface area contributed by atoms with Gasteiger partial charge >= 0.3 is 0 Å². The van der Waals surface area contributed by atoms with Gasteiger partial charge in [0.25, 0.3) is 0 Å². The number of Topliss-reactive ketones (excluding diaryl/α,β-unsaturated/α-hetero) is 1. The fourth-order valence-corrected chi connectivity index (χ4v) is 1.03. The van der Waals surface area contributed by atoms with Crippen LogP contribution in [0, 0.1) is 10.1 Å². The molecule has 1 unspecified atom stereocenters. The van der Waals surface area contributed by atoms with E-state index in [1.165, 1.54) is 27.7 Å². The summed E-state index contributed by atoms with van der Waals surface area (Å²) in [4.78, 5) is 20.9. The molecule has 0 aromatic heterocycles. The summed E-state index contributed by atoms with van der Waals surface area (Å²) < 4.78 is 0. The molecule has 0 fully saturated rings. The van der Waals surface area contributed by atoms with Gasteiger partial charge in [-0.3, -0.25) is 14.9 Å². The molecule has 0 aliphatic heterocycles. The highest BCUT2D eigenvalue weighted by atomic mass is 16.6. The molecular weight excluding hydrogens is 174 g/mol. The predicted molar refractivity (Wildman–Crippen MR) is 47.0 cm³/mol. The quantitative estimate of drug-likeness (QED) is 0.523. The van der Waals surface area contributed by atoms with Gasteiger partial charge < -0.3 is 5.11 Å². The third-order valence-electron chi connectivity index (χ3n) is 2.03. The zero-order chi connectivity index (χ0) is 10.9. The van der Waals surface area contributed by atoms with E-state index in [4.69, 9.17) is 0 Å². The van der Waals surface area contributed by atoms with E-state index in [2.05, 4.69) is 0 Å². The first-order valence-corrected chi connectivity index (χ1v) is 3.97. The Hall–Kier alpha value is -0.970. The summed E-state index contributed by atoms with van der Waals surface area (Å²) in [5.74, 6) is -0.456. The molecule has 76 valence electrons. The van der Waals surface area contributed by atoms with E-state index in [0.29, 0.717) is 0 Å². The average molecular weight is 189 g/mol. The minimum Gasteiger partial charge on any atom is -0.382 e. The van der Waals surface area contributed by atoms with Crippen LogP contribution in [-0.2, 0) is 4.79 Å². The van der Waals surface area contributed by atoms with Crippen molar-refractivity contribution < 1.29 is 14.8 Å². The van der Waals surface area contributed by atoms with Crippen LogP contribution in [0.3, 0.4) is 0 Å². The molecule has 13 heavy (non-hydrogen) atoms. The van der Waals surface area contributed by atoms with Gasteiger partial charge in [0.2, 0.25) is 5.54 Å². The second-order valence-corrected chi connectivity index (χ2v) is 4.08. The molecule has 0 aromatic rings. The summed E-state index contributed by atoms with van der Waals surface area (Å²) >= 11 is 0. The lowest BCUT2D eigenvalue weighted by Crippen LogP contribution is -2.44. The Kier molecular flexibility index (Phi) is 3.16. The Morgan fingerprint density at radius 1 is 1.46 bits per heavy atom. The van der Waals surface area contributed by atoms with Crippen molar-refractivity contribution in [3.8, 4) is 0 Å². The number of nitro groups is 1. The average Bonchev–Trinajstić information content (AvgIpc) is 1.83. The topological polar surface area (TPSA) is 80.4 Å². The number of ketones is 1. The molecule has 0 heterocycles. The highest BCUT2D eigenvalue weighted by Gasteiger charge is 2.41. The maximum absolute atomic E-state index is 10.9. The molecule has 0 amide bonds. The van der Waals surface area contributed by atoms with Gasteiger partial charge in [-0.15, -0.1) is 0 Å². The summed E-state index contributed by atoms with van der Waals surface area (Å²) in [6.45, 7) is 5.27. The van der Waals surface area contributed by atoms with Crippen LogP contribution in [0.1, 0.15) is 34.1 Å². The van der Waals surface area contributed by atoms with Crippen LogP contribution in [-0.4, -0.2) is 27.0 Å². The number of rotatable bonds is 4. The number of carbonyl (C=O) groups is 1. The van der Waals surface area contributed by atoms with Crippen molar-refractivity contribution in [3.05, 3.63) is 10.1 Å². The second-order valence-electron chi connectivity index (χ2n) is 4.08. The number of hydrogen-bond donors (Lipinski definition) is 1. The fourth-order valence-electron chi connectivity index (χ4n) is 1.03. The molecule has 0 aliphatic rings. The van der Waals surface area contributed by atoms with E-state index in [0.717, 1.165) is 0 Å². The van der Waals surface area contributed by atoms with E-state index in [-0.39, 0.29) is 6.42 Å². The zero-order valence-corrected chi connectivity index (χ0v) is 8.33. The summed E-state index contributed by atoms with van der Waals surface area (Å²) in [6, 6.07) is 0. The van der Waals surface area contributed by atoms with Gasteiger partial charge in [0.1, 0.15) is 5.60 Å². The Morgan fingerprint density at radius 2 is 1.85 bits per heavy atom. The van der Waals surface area contributed by atoms with E-state index in [1.54, 1.807) is 0 Å². The van der Waals surface area contributed by atoms with Gasteiger partial charge in [-0.2, -0.15) is 0 Å². The molecule has 0 aliphatic carbocycles. The summed E-state index contributed by atoms with van der Waals surface area (Å²) in [5, 5.41) is 20.0. The summed E-state index contributed by atoms with van der Waals surface area (Å²) in [5.41, 5.74) is -2.90. The summed E-state index contributed by atoms with van der Waals surface area (Å²) in [7, 11) is 0. The number of nitrogens with zero attached hydrogens (tertiary/aromatic N) is 1. The van der Waals surface area contributed by atoms with Crippen molar-refractivity contribution in [2.45, 2.75) is 45.3 Å². The fraction of sp³-hybridized carbons (Fsp3) is 0.875. The van der Waals surface area contributed by atoms with Crippen molar-refractivity contribution in [2.75, 3.05) is 0 Å². The first-order chi connectivity index (χ1) is 5.59. The van der Waals surface area contributed by atoms with E-state index in [1.807, 2.05) is 0 Å². The monoisotopic (exact) mass is 189 g/mol. The van der Waals surface area contributed by atoms with Gasteiger partial charge in [-0.05, 0) is 13.8 Å². The van der Waals surface area contributed by atoms with Crippen LogP contribution < -0.4 is 0 Å². The normalized spacial score (nSPS) is 16.4. The number of aliphatic hydroxyl groups is 1. The Labute approximate surface area is 76.9 Å². The van der Waals surface area contributed by atoms with Crippen molar-refractivity contribution in [3.63, 3.8) is 0 Å². The number of carbonyl (C=O) groups excluding carboxylic acids is 1. The van der Waals surface area contributed by atoms with Crippen LogP contribution in [0.4, 0.5) is 0 Å².